The second kappa shape index (κ2) is 7.18. The first-order valence-corrected chi connectivity index (χ1v) is 7.39. The van der Waals surface area contributed by atoms with Crippen molar-refractivity contribution in [2.45, 2.75) is 6.54 Å². The van der Waals surface area contributed by atoms with Crippen LogP contribution in [0.15, 0.2) is 48.7 Å². The van der Waals surface area contributed by atoms with Gasteiger partial charge in [0.2, 0.25) is 5.95 Å². The molecule has 0 aliphatic carbocycles. The van der Waals surface area contributed by atoms with Gasteiger partial charge in [-0.25, -0.2) is 8.78 Å². The maximum Gasteiger partial charge on any atom is 0.244 e. The van der Waals surface area contributed by atoms with Gasteiger partial charge in [0, 0.05) is 11.6 Å². The highest BCUT2D eigenvalue weighted by molar-refractivity contribution is 6.30. The van der Waals surface area contributed by atoms with Crippen molar-refractivity contribution < 1.29 is 8.78 Å². The van der Waals surface area contributed by atoms with E-state index in [2.05, 4.69) is 25.8 Å². The van der Waals surface area contributed by atoms with Crippen LogP contribution in [0.2, 0.25) is 5.02 Å². The van der Waals surface area contributed by atoms with Crippen LogP contribution in [0.1, 0.15) is 5.56 Å². The number of rotatable bonds is 5. The number of nitrogens with one attached hydrogen (secondary N) is 2. The van der Waals surface area contributed by atoms with Crippen molar-refractivity contribution in [3.63, 3.8) is 0 Å². The molecule has 0 aliphatic rings. The maximum absolute atomic E-state index is 13.6. The standard InChI is InChI=1S/C16H12ClF2N5/c17-11-6-4-10(5-7-11)8-20-16-23-14(9-21-24-16)22-15-12(18)2-1-3-13(15)19/h1-7,9H,8H2,(H2,20,22,23,24). The Morgan fingerprint density at radius 3 is 2.42 bits per heavy atom. The smallest absolute Gasteiger partial charge is 0.244 e. The fourth-order valence-electron chi connectivity index (χ4n) is 1.97. The zero-order valence-corrected chi connectivity index (χ0v) is 13.1. The van der Waals surface area contributed by atoms with Crippen molar-refractivity contribution >= 4 is 29.1 Å². The predicted octanol–water partition coefficient (Wildman–Crippen LogP) is 4.16. The third kappa shape index (κ3) is 3.94. The lowest BCUT2D eigenvalue weighted by molar-refractivity contribution is 0.590. The van der Waals surface area contributed by atoms with E-state index in [9.17, 15) is 8.78 Å². The molecular weight excluding hydrogens is 336 g/mol. The molecule has 2 N–H and O–H groups in total. The summed E-state index contributed by atoms with van der Waals surface area (Å²) in [5.41, 5.74) is 0.683. The average molecular weight is 348 g/mol. The van der Waals surface area contributed by atoms with Crippen molar-refractivity contribution in [2.24, 2.45) is 0 Å². The quantitative estimate of drug-likeness (QED) is 0.725. The van der Waals surface area contributed by atoms with Gasteiger partial charge in [-0.2, -0.15) is 10.1 Å². The van der Waals surface area contributed by atoms with E-state index in [1.807, 2.05) is 12.1 Å². The number of para-hydroxylation sites is 1. The van der Waals surface area contributed by atoms with Crippen molar-refractivity contribution in [1.29, 1.82) is 0 Å². The van der Waals surface area contributed by atoms with E-state index in [1.165, 1.54) is 12.3 Å². The summed E-state index contributed by atoms with van der Waals surface area (Å²) >= 11 is 5.83. The van der Waals surface area contributed by atoms with Gasteiger partial charge < -0.3 is 10.6 Å². The Hall–Kier alpha value is -2.80. The molecule has 3 aromatic rings. The van der Waals surface area contributed by atoms with E-state index in [1.54, 1.807) is 12.1 Å². The molecule has 24 heavy (non-hydrogen) atoms. The molecule has 0 amide bonds. The Bertz CT molecular complexity index is 822. The second-order valence-electron chi connectivity index (χ2n) is 4.87. The third-order valence-electron chi connectivity index (χ3n) is 3.14. The van der Waals surface area contributed by atoms with Crippen molar-refractivity contribution in [3.8, 4) is 0 Å². The van der Waals surface area contributed by atoms with Gasteiger partial charge in [0.1, 0.15) is 17.3 Å². The van der Waals surface area contributed by atoms with E-state index in [4.69, 9.17) is 11.6 Å². The Kier molecular flexibility index (Phi) is 4.81. The first-order chi connectivity index (χ1) is 11.6. The number of aromatic nitrogens is 3. The molecule has 0 spiro atoms. The summed E-state index contributed by atoms with van der Waals surface area (Å²) < 4.78 is 27.3. The molecule has 0 bridgehead atoms. The summed E-state index contributed by atoms with van der Waals surface area (Å²) in [5, 5.41) is 13.8. The largest absolute Gasteiger partial charge is 0.349 e. The summed E-state index contributed by atoms with van der Waals surface area (Å²) in [4.78, 5) is 4.13. The number of anilines is 3. The van der Waals surface area contributed by atoms with Crippen LogP contribution in [0, 0.1) is 11.6 Å². The Balaban J connectivity index is 1.71. The van der Waals surface area contributed by atoms with Gasteiger partial charge in [-0.1, -0.05) is 29.8 Å². The normalized spacial score (nSPS) is 10.5. The van der Waals surface area contributed by atoms with Crippen molar-refractivity contribution in [3.05, 3.63) is 70.9 Å². The van der Waals surface area contributed by atoms with Crippen LogP contribution in [0.25, 0.3) is 0 Å². The van der Waals surface area contributed by atoms with Gasteiger partial charge in [-0.15, -0.1) is 5.10 Å². The topological polar surface area (TPSA) is 62.7 Å². The average Bonchev–Trinajstić information content (AvgIpc) is 2.58. The Morgan fingerprint density at radius 2 is 1.71 bits per heavy atom. The predicted molar refractivity (Wildman–Crippen MR) is 88.2 cm³/mol. The molecule has 3 rings (SSSR count). The van der Waals surface area contributed by atoms with Crippen LogP contribution in [-0.4, -0.2) is 15.2 Å². The van der Waals surface area contributed by atoms with Crippen LogP contribution in [0.5, 0.6) is 0 Å². The number of hydrogen-bond donors (Lipinski definition) is 2. The van der Waals surface area contributed by atoms with Gasteiger partial charge >= 0.3 is 0 Å². The zero-order valence-electron chi connectivity index (χ0n) is 12.3. The molecule has 0 radical (unpaired) electrons. The summed E-state index contributed by atoms with van der Waals surface area (Å²) in [6.07, 6.45) is 1.28. The Morgan fingerprint density at radius 1 is 1.00 bits per heavy atom. The first kappa shape index (κ1) is 16.1. The molecule has 1 aromatic heterocycles. The second-order valence-corrected chi connectivity index (χ2v) is 5.30. The molecular formula is C16H12ClF2N5. The monoisotopic (exact) mass is 347 g/mol. The molecule has 0 saturated carbocycles. The molecule has 0 atom stereocenters. The molecule has 2 aromatic carbocycles. The first-order valence-electron chi connectivity index (χ1n) is 7.01. The van der Waals surface area contributed by atoms with Crippen molar-refractivity contribution in [2.75, 3.05) is 10.6 Å². The lowest BCUT2D eigenvalue weighted by Gasteiger charge is -2.09. The number of halogens is 3. The molecule has 0 aliphatic heterocycles. The number of nitrogens with zero attached hydrogens (tertiary/aromatic N) is 3. The van der Waals surface area contributed by atoms with Gasteiger partial charge in [-0.3, -0.25) is 0 Å². The van der Waals surface area contributed by atoms with Gasteiger partial charge in [0.05, 0.1) is 6.20 Å². The number of benzene rings is 2. The lowest BCUT2D eigenvalue weighted by Crippen LogP contribution is -2.07. The van der Waals surface area contributed by atoms with E-state index in [0.29, 0.717) is 11.6 Å². The molecule has 0 saturated heterocycles. The van der Waals surface area contributed by atoms with Crippen LogP contribution in [0.3, 0.4) is 0 Å². The van der Waals surface area contributed by atoms with E-state index in [0.717, 1.165) is 17.7 Å². The van der Waals surface area contributed by atoms with Crippen LogP contribution in [0.4, 0.5) is 26.2 Å². The van der Waals surface area contributed by atoms with Gasteiger partial charge in [0.15, 0.2) is 5.82 Å². The lowest BCUT2D eigenvalue weighted by atomic mass is 10.2. The summed E-state index contributed by atoms with van der Waals surface area (Å²) in [6, 6.07) is 10.9. The minimum absolute atomic E-state index is 0.174. The SMILES string of the molecule is Fc1cccc(F)c1Nc1cnnc(NCc2ccc(Cl)cc2)n1. The van der Waals surface area contributed by atoms with Crippen LogP contribution in [-0.2, 0) is 6.54 Å². The number of hydrogen-bond acceptors (Lipinski definition) is 5. The van der Waals surface area contributed by atoms with Crippen LogP contribution < -0.4 is 10.6 Å². The molecule has 122 valence electrons. The zero-order chi connectivity index (χ0) is 16.9. The summed E-state index contributed by atoms with van der Waals surface area (Å²) in [6.45, 7) is 0.455. The summed E-state index contributed by atoms with van der Waals surface area (Å²) in [5.74, 6) is -1.03. The van der Waals surface area contributed by atoms with Crippen LogP contribution >= 0.6 is 11.6 Å². The minimum Gasteiger partial charge on any atom is -0.349 e. The molecule has 0 unspecified atom stereocenters. The fourth-order valence-corrected chi connectivity index (χ4v) is 2.09. The van der Waals surface area contributed by atoms with E-state index in [-0.39, 0.29) is 17.5 Å². The van der Waals surface area contributed by atoms with Crippen molar-refractivity contribution in [1.82, 2.24) is 15.2 Å². The van der Waals surface area contributed by atoms with E-state index < -0.39 is 11.6 Å². The van der Waals surface area contributed by atoms with Gasteiger partial charge in [0.25, 0.3) is 0 Å². The third-order valence-corrected chi connectivity index (χ3v) is 3.39. The highest BCUT2D eigenvalue weighted by Crippen LogP contribution is 2.22. The fraction of sp³-hybridized carbons (Fsp3) is 0.0625. The molecule has 5 nitrogen and oxygen atoms in total. The highest BCUT2D eigenvalue weighted by Gasteiger charge is 2.10. The Labute approximate surface area is 141 Å². The molecule has 1 heterocycles. The molecule has 8 heteroatoms. The summed E-state index contributed by atoms with van der Waals surface area (Å²) in [7, 11) is 0. The van der Waals surface area contributed by atoms with E-state index >= 15 is 0 Å². The van der Waals surface area contributed by atoms with Gasteiger partial charge in [-0.05, 0) is 29.8 Å². The minimum atomic E-state index is -0.718. The highest BCUT2D eigenvalue weighted by atomic mass is 35.5. The maximum atomic E-state index is 13.6. The molecule has 0 fully saturated rings.